The molecular weight excluding hydrogens is 330 g/mol. The highest BCUT2D eigenvalue weighted by Crippen LogP contribution is 2.20. The molecule has 7 heteroatoms. The van der Waals surface area contributed by atoms with E-state index in [1.165, 1.54) is 22.7 Å². The maximum Gasteiger partial charge on any atom is 0.263 e. The first-order valence-electron chi connectivity index (χ1n) is 7.62. The van der Waals surface area contributed by atoms with E-state index in [0.717, 1.165) is 35.0 Å². The summed E-state index contributed by atoms with van der Waals surface area (Å²) in [7, 11) is 0. The Morgan fingerprint density at radius 1 is 1.39 bits per heavy atom. The van der Waals surface area contributed by atoms with Crippen LogP contribution in [0.25, 0.3) is 0 Å². The van der Waals surface area contributed by atoms with Crippen molar-refractivity contribution in [2.24, 2.45) is 0 Å². The van der Waals surface area contributed by atoms with Crippen LogP contribution in [0, 0.1) is 13.8 Å². The molecule has 3 rings (SSSR count). The van der Waals surface area contributed by atoms with Crippen LogP contribution in [0.5, 0.6) is 0 Å². The number of hydrogen-bond acceptors (Lipinski definition) is 5. The van der Waals surface area contributed by atoms with Crippen molar-refractivity contribution in [1.29, 1.82) is 0 Å². The van der Waals surface area contributed by atoms with E-state index in [1.54, 1.807) is 0 Å². The average Bonchev–Trinajstić information content (AvgIpc) is 3.16. The van der Waals surface area contributed by atoms with Crippen molar-refractivity contribution < 1.29 is 9.59 Å². The molecule has 23 heavy (non-hydrogen) atoms. The van der Waals surface area contributed by atoms with Crippen molar-refractivity contribution in [3.63, 3.8) is 0 Å². The lowest BCUT2D eigenvalue weighted by Crippen LogP contribution is -2.49. The van der Waals surface area contributed by atoms with E-state index >= 15 is 0 Å². The Balaban J connectivity index is 1.64. The summed E-state index contributed by atoms with van der Waals surface area (Å²) < 4.78 is 0. The minimum Gasteiger partial charge on any atom is -0.347 e. The molecule has 0 saturated carbocycles. The van der Waals surface area contributed by atoms with E-state index < -0.39 is 0 Å². The average molecular weight is 349 g/mol. The third-order valence-electron chi connectivity index (χ3n) is 3.89. The van der Waals surface area contributed by atoms with Gasteiger partial charge in [0, 0.05) is 19.1 Å². The van der Waals surface area contributed by atoms with Crippen LogP contribution >= 0.6 is 22.7 Å². The summed E-state index contributed by atoms with van der Waals surface area (Å²) in [5.74, 6) is -0.0210. The molecule has 0 spiro atoms. The van der Waals surface area contributed by atoms with Gasteiger partial charge in [0.05, 0.1) is 15.6 Å². The number of aryl methyl sites for hydroxylation is 2. The molecule has 122 valence electrons. The number of nitrogens with zero attached hydrogens (tertiary/aromatic N) is 2. The Bertz CT molecular complexity index is 709. The summed E-state index contributed by atoms with van der Waals surface area (Å²) in [6, 6.07) is 3.73. The summed E-state index contributed by atoms with van der Waals surface area (Å²) in [5.41, 5.74) is 0.771. The zero-order chi connectivity index (χ0) is 16.4. The van der Waals surface area contributed by atoms with E-state index in [0.29, 0.717) is 11.4 Å². The van der Waals surface area contributed by atoms with Crippen LogP contribution in [-0.4, -0.2) is 40.8 Å². The molecule has 1 N–H and O–H groups in total. The molecule has 3 heterocycles. The fraction of sp³-hybridized carbons (Fsp3) is 0.438. The van der Waals surface area contributed by atoms with Gasteiger partial charge in [-0.2, -0.15) is 0 Å². The number of carbonyl (C=O) groups excluding carboxylic acids is 2. The lowest BCUT2D eigenvalue weighted by molar-refractivity contribution is 0.0680. The fourth-order valence-electron chi connectivity index (χ4n) is 2.83. The van der Waals surface area contributed by atoms with Crippen LogP contribution < -0.4 is 5.32 Å². The predicted octanol–water partition coefficient (Wildman–Crippen LogP) is 2.86. The number of nitrogens with one attached hydrogen (secondary N) is 1. The van der Waals surface area contributed by atoms with Gasteiger partial charge in [0.2, 0.25) is 0 Å². The lowest BCUT2D eigenvalue weighted by atomic mass is 10.1. The van der Waals surface area contributed by atoms with E-state index in [9.17, 15) is 9.59 Å². The summed E-state index contributed by atoms with van der Waals surface area (Å²) in [4.78, 5) is 32.4. The molecule has 1 aliphatic heterocycles. The molecule has 0 bridgehead atoms. The number of amides is 2. The topological polar surface area (TPSA) is 62.3 Å². The highest BCUT2D eigenvalue weighted by atomic mass is 32.1. The van der Waals surface area contributed by atoms with Gasteiger partial charge in [0.1, 0.15) is 4.88 Å². The van der Waals surface area contributed by atoms with Gasteiger partial charge in [-0.05, 0) is 38.1 Å². The van der Waals surface area contributed by atoms with Crippen LogP contribution in [0.4, 0.5) is 0 Å². The van der Waals surface area contributed by atoms with Crippen LogP contribution in [0.15, 0.2) is 17.5 Å². The van der Waals surface area contributed by atoms with E-state index in [4.69, 9.17) is 0 Å². The van der Waals surface area contributed by atoms with Crippen molar-refractivity contribution in [3.05, 3.63) is 38.0 Å². The number of thiophene rings is 1. The number of carbonyl (C=O) groups is 2. The highest BCUT2D eigenvalue weighted by Gasteiger charge is 2.27. The second-order valence-corrected chi connectivity index (χ2v) is 7.84. The smallest absolute Gasteiger partial charge is 0.263 e. The van der Waals surface area contributed by atoms with Gasteiger partial charge in [0.15, 0.2) is 0 Å². The predicted molar refractivity (Wildman–Crippen MR) is 92.3 cm³/mol. The second-order valence-electron chi connectivity index (χ2n) is 5.69. The van der Waals surface area contributed by atoms with Gasteiger partial charge in [-0.15, -0.1) is 22.7 Å². The Morgan fingerprint density at radius 2 is 2.22 bits per heavy atom. The molecule has 2 amide bonds. The molecule has 1 saturated heterocycles. The maximum absolute atomic E-state index is 12.4. The molecule has 1 fully saturated rings. The van der Waals surface area contributed by atoms with Gasteiger partial charge >= 0.3 is 0 Å². The quantitative estimate of drug-likeness (QED) is 0.927. The first kappa shape index (κ1) is 16.1. The van der Waals surface area contributed by atoms with E-state index in [2.05, 4.69) is 10.3 Å². The zero-order valence-corrected chi connectivity index (χ0v) is 14.8. The fourth-order valence-corrected chi connectivity index (χ4v) is 4.34. The maximum atomic E-state index is 12.4. The number of aromatic nitrogens is 1. The Kier molecular flexibility index (Phi) is 4.77. The van der Waals surface area contributed by atoms with Crippen molar-refractivity contribution in [2.45, 2.75) is 32.7 Å². The number of hydrogen-bond donors (Lipinski definition) is 1. The first-order chi connectivity index (χ1) is 11.0. The normalized spacial score (nSPS) is 18.0. The standard InChI is InChI=1S/C16H19N3O2S2/c1-10-14(23-11(2)17-10)15(20)18-12-5-3-7-19(9-12)16(21)13-6-4-8-22-13/h4,6,8,12H,3,5,7,9H2,1-2H3,(H,18,20)/t12-/m0/s1. The SMILES string of the molecule is Cc1nc(C)c(C(=O)N[C@H]2CCCN(C(=O)c3cccs3)C2)s1. The number of rotatable bonds is 3. The zero-order valence-electron chi connectivity index (χ0n) is 13.2. The van der Waals surface area contributed by atoms with Crippen molar-refractivity contribution in [1.82, 2.24) is 15.2 Å². The summed E-state index contributed by atoms with van der Waals surface area (Å²) >= 11 is 2.87. The highest BCUT2D eigenvalue weighted by molar-refractivity contribution is 7.13. The van der Waals surface area contributed by atoms with Crippen LogP contribution in [0.1, 0.15) is 42.9 Å². The van der Waals surface area contributed by atoms with Gasteiger partial charge in [0.25, 0.3) is 11.8 Å². The largest absolute Gasteiger partial charge is 0.347 e. The summed E-state index contributed by atoms with van der Waals surface area (Å²) in [6.07, 6.45) is 1.81. The third kappa shape index (κ3) is 3.61. The number of thiazole rings is 1. The Hall–Kier alpha value is -1.73. The van der Waals surface area contributed by atoms with Crippen LogP contribution in [0.3, 0.4) is 0 Å². The summed E-state index contributed by atoms with van der Waals surface area (Å²) in [5, 5.41) is 5.86. The van der Waals surface area contributed by atoms with Crippen LogP contribution in [-0.2, 0) is 0 Å². The van der Waals surface area contributed by atoms with Gasteiger partial charge in [-0.3, -0.25) is 9.59 Å². The summed E-state index contributed by atoms with van der Waals surface area (Å²) in [6.45, 7) is 5.07. The molecule has 0 aliphatic carbocycles. The van der Waals surface area contributed by atoms with E-state index in [-0.39, 0.29) is 17.9 Å². The third-order valence-corrected chi connectivity index (χ3v) is 5.82. The molecule has 0 radical (unpaired) electrons. The molecule has 0 aromatic carbocycles. The minimum absolute atomic E-state index is 0.00182. The van der Waals surface area contributed by atoms with Gasteiger partial charge in [-0.25, -0.2) is 4.98 Å². The number of piperidine rings is 1. The lowest BCUT2D eigenvalue weighted by Gasteiger charge is -2.32. The minimum atomic E-state index is -0.0801. The molecule has 0 unspecified atom stereocenters. The molecule has 1 atom stereocenters. The van der Waals surface area contributed by atoms with Crippen molar-refractivity contribution >= 4 is 34.5 Å². The molecular formula is C16H19N3O2S2. The number of likely N-dealkylation sites (tertiary alicyclic amines) is 1. The molecule has 5 nitrogen and oxygen atoms in total. The van der Waals surface area contributed by atoms with Crippen molar-refractivity contribution in [3.8, 4) is 0 Å². The van der Waals surface area contributed by atoms with Gasteiger partial charge < -0.3 is 10.2 Å². The molecule has 1 aliphatic rings. The van der Waals surface area contributed by atoms with E-state index in [1.807, 2.05) is 36.3 Å². The molecule has 2 aromatic rings. The van der Waals surface area contributed by atoms with Crippen molar-refractivity contribution in [2.75, 3.05) is 13.1 Å². The Labute approximate surface area is 143 Å². The monoisotopic (exact) mass is 349 g/mol. The van der Waals surface area contributed by atoms with Crippen LogP contribution in [0.2, 0.25) is 0 Å². The second kappa shape index (κ2) is 6.80. The first-order valence-corrected chi connectivity index (χ1v) is 9.32. The molecule has 2 aromatic heterocycles. The Morgan fingerprint density at radius 3 is 2.87 bits per heavy atom. The van der Waals surface area contributed by atoms with Gasteiger partial charge in [-0.1, -0.05) is 6.07 Å².